The van der Waals surface area contributed by atoms with Gasteiger partial charge in [0.1, 0.15) is 11.2 Å². The normalized spacial score (nSPS) is 11.6. The number of furan rings is 1. The molecule has 0 N–H and O–H groups in total. The maximum absolute atomic E-state index is 7.02. The Labute approximate surface area is 357 Å². The molecule has 0 spiro atoms. The van der Waals surface area contributed by atoms with Crippen LogP contribution >= 0.6 is 11.3 Å². The highest BCUT2D eigenvalue weighted by atomic mass is 32.1. The van der Waals surface area contributed by atoms with Crippen molar-refractivity contribution in [3.63, 3.8) is 0 Å². The monoisotopic (exact) mass is 795 g/mol. The molecule has 0 bridgehead atoms. The van der Waals surface area contributed by atoms with E-state index in [0.717, 1.165) is 50.1 Å². The third-order valence-electron chi connectivity index (χ3n) is 12.1. The number of hydrogen-bond donors (Lipinski definition) is 0. The van der Waals surface area contributed by atoms with Crippen LogP contribution in [0.1, 0.15) is 0 Å². The lowest BCUT2D eigenvalue weighted by Gasteiger charge is -2.26. The second-order valence-electron chi connectivity index (χ2n) is 15.7. The fourth-order valence-electron chi connectivity index (χ4n) is 9.09. The van der Waals surface area contributed by atoms with Crippen molar-refractivity contribution < 1.29 is 4.42 Å². The number of benzene rings is 10. The molecule has 0 fully saturated rings. The average molecular weight is 796 g/mol. The van der Waals surface area contributed by atoms with Gasteiger partial charge in [-0.25, -0.2) is 0 Å². The van der Waals surface area contributed by atoms with E-state index in [9.17, 15) is 0 Å². The van der Waals surface area contributed by atoms with E-state index >= 15 is 0 Å². The van der Waals surface area contributed by atoms with Crippen molar-refractivity contribution in [2.45, 2.75) is 0 Å². The fourth-order valence-corrected chi connectivity index (χ4v) is 10.3. The Morgan fingerprint density at radius 1 is 0.344 bits per heavy atom. The third kappa shape index (κ3) is 6.09. The van der Waals surface area contributed by atoms with Crippen molar-refractivity contribution in [2.75, 3.05) is 4.90 Å². The van der Waals surface area contributed by atoms with Gasteiger partial charge in [0, 0.05) is 59.6 Å². The second-order valence-corrected chi connectivity index (χ2v) is 16.7. The maximum Gasteiger partial charge on any atom is 0.143 e. The van der Waals surface area contributed by atoms with E-state index in [0.29, 0.717) is 0 Å². The Morgan fingerprint density at radius 3 is 1.59 bits per heavy atom. The number of anilines is 3. The van der Waals surface area contributed by atoms with Gasteiger partial charge in [-0.3, -0.25) is 0 Å². The summed E-state index contributed by atoms with van der Waals surface area (Å²) < 4.78 is 9.65. The first kappa shape index (κ1) is 35.2. The molecule has 10 aromatic carbocycles. The first-order valence-corrected chi connectivity index (χ1v) is 21.6. The van der Waals surface area contributed by atoms with Gasteiger partial charge in [-0.05, 0) is 98.2 Å². The van der Waals surface area contributed by atoms with Gasteiger partial charge in [-0.2, -0.15) is 0 Å². The summed E-state index contributed by atoms with van der Waals surface area (Å²) in [7, 11) is 0. The van der Waals surface area contributed by atoms with Crippen LogP contribution in [0.2, 0.25) is 0 Å². The predicted octanol–water partition coefficient (Wildman–Crippen LogP) is 17.2. The predicted molar refractivity (Wildman–Crippen MR) is 261 cm³/mol. The minimum Gasteiger partial charge on any atom is -0.455 e. The molecule has 2 heterocycles. The lowest BCUT2D eigenvalue weighted by atomic mass is 9.94. The Morgan fingerprint density at radius 2 is 0.885 bits per heavy atom. The van der Waals surface area contributed by atoms with E-state index in [-0.39, 0.29) is 0 Å². The Kier molecular flexibility index (Phi) is 8.39. The van der Waals surface area contributed by atoms with Crippen molar-refractivity contribution in [3.8, 4) is 44.5 Å². The molecule has 0 aliphatic carbocycles. The summed E-state index contributed by atoms with van der Waals surface area (Å²) in [6.45, 7) is 0. The fraction of sp³-hybridized carbons (Fsp3) is 0. The van der Waals surface area contributed by atoms with Crippen molar-refractivity contribution in [1.29, 1.82) is 0 Å². The van der Waals surface area contributed by atoms with E-state index in [2.05, 4.69) is 229 Å². The molecule has 0 radical (unpaired) electrons. The quantitative estimate of drug-likeness (QED) is 0.160. The van der Waals surface area contributed by atoms with Crippen LogP contribution in [-0.2, 0) is 0 Å². The van der Waals surface area contributed by atoms with Crippen LogP contribution in [-0.4, -0.2) is 0 Å². The zero-order valence-electron chi connectivity index (χ0n) is 33.1. The zero-order chi connectivity index (χ0) is 40.3. The van der Waals surface area contributed by atoms with Gasteiger partial charge in [0.05, 0.1) is 0 Å². The molecular formula is C58H37NOS. The van der Waals surface area contributed by atoms with Crippen molar-refractivity contribution in [1.82, 2.24) is 0 Å². The van der Waals surface area contributed by atoms with Crippen LogP contribution in [0.3, 0.4) is 0 Å². The van der Waals surface area contributed by atoms with Gasteiger partial charge in [0.2, 0.25) is 0 Å². The van der Waals surface area contributed by atoms with Gasteiger partial charge in [-0.1, -0.05) is 170 Å². The molecule has 0 amide bonds. The molecule has 61 heavy (non-hydrogen) atoms. The second kappa shape index (κ2) is 14.5. The summed E-state index contributed by atoms with van der Waals surface area (Å²) in [5, 5.41) is 7.19. The van der Waals surface area contributed by atoms with Crippen molar-refractivity contribution in [2.24, 2.45) is 0 Å². The largest absolute Gasteiger partial charge is 0.455 e. The minimum atomic E-state index is 0.851. The molecule has 0 aliphatic heterocycles. The maximum atomic E-state index is 7.02. The molecule has 2 aromatic heterocycles. The molecule has 2 nitrogen and oxygen atoms in total. The van der Waals surface area contributed by atoms with E-state index in [1.54, 1.807) is 0 Å². The summed E-state index contributed by atoms with van der Waals surface area (Å²) >= 11 is 1.87. The number of thiophene rings is 1. The van der Waals surface area contributed by atoms with Gasteiger partial charge < -0.3 is 9.32 Å². The minimum absolute atomic E-state index is 0.851. The topological polar surface area (TPSA) is 16.4 Å². The van der Waals surface area contributed by atoms with Crippen LogP contribution in [0, 0.1) is 0 Å². The molecule has 0 unspecified atom stereocenters. The summed E-state index contributed by atoms with van der Waals surface area (Å²) in [5.41, 5.74) is 14.4. The molecule has 0 atom stereocenters. The van der Waals surface area contributed by atoms with Gasteiger partial charge >= 0.3 is 0 Å². The molecule has 12 rings (SSSR count). The molecule has 0 aliphatic rings. The highest BCUT2D eigenvalue weighted by Gasteiger charge is 2.20. The van der Waals surface area contributed by atoms with Crippen molar-refractivity contribution in [3.05, 3.63) is 224 Å². The summed E-state index contributed by atoms with van der Waals surface area (Å²) in [5.74, 6) is 0. The molecule has 0 saturated carbocycles. The first-order valence-electron chi connectivity index (χ1n) is 20.7. The summed E-state index contributed by atoms with van der Waals surface area (Å²) in [4.78, 5) is 2.34. The number of hydrogen-bond acceptors (Lipinski definition) is 3. The van der Waals surface area contributed by atoms with Crippen LogP contribution in [0.4, 0.5) is 17.1 Å². The molecular weight excluding hydrogens is 759 g/mol. The van der Waals surface area contributed by atoms with E-state index in [1.807, 2.05) is 11.3 Å². The molecule has 3 heteroatoms. The Balaban J connectivity index is 0.994. The highest BCUT2D eigenvalue weighted by Crippen LogP contribution is 2.45. The van der Waals surface area contributed by atoms with Gasteiger partial charge in [0.15, 0.2) is 0 Å². The summed E-state index contributed by atoms with van der Waals surface area (Å²) in [6.07, 6.45) is 0. The standard InChI is InChI=1S/C58H37NOS/c1-3-12-38(13-4-1)40-22-24-43(25-23-40)56-48-17-8-7-16-44(48)36-53-50-35-34-47(37-54(50)60-57(53)56)59(45-30-26-41(27-31-45)39-14-5-2-6-15-39)46-32-28-42(29-33-46)49-19-11-20-52-51-18-9-10-21-55(51)61-58(49)52/h1-37H. The lowest BCUT2D eigenvalue weighted by Crippen LogP contribution is -2.09. The van der Waals surface area contributed by atoms with Crippen LogP contribution in [0.25, 0.3) is 97.4 Å². The Bertz CT molecular complexity index is 3550. The van der Waals surface area contributed by atoms with E-state index in [4.69, 9.17) is 4.42 Å². The van der Waals surface area contributed by atoms with E-state index < -0.39 is 0 Å². The Hall–Kier alpha value is -7.72. The molecule has 12 aromatic rings. The lowest BCUT2D eigenvalue weighted by molar-refractivity contribution is 0.670. The molecule has 286 valence electrons. The van der Waals surface area contributed by atoms with Crippen molar-refractivity contribution >= 4 is 81.3 Å². The van der Waals surface area contributed by atoms with Crippen LogP contribution in [0.5, 0.6) is 0 Å². The van der Waals surface area contributed by atoms with Gasteiger partial charge in [0.25, 0.3) is 0 Å². The third-order valence-corrected chi connectivity index (χ3v) is 13.3. The summed E-state index contributed by atoms with van der Waals surface area (Å²) in [6, 6.07) is 80.9. The molecule has 0 saturated heterocycles. The number of rotatable bonds is 7. The number of nitrogens with zero attached hydrogens (tertiary/aromatic N) is 1. The van der Waals surface area contributed by atoms with Crippen LogP contribution in [0.15, 0.2) is 229 Å². The zero-order valence-corrected chi connectivity index (χ0v) is 33.9. The first-order chi connectivity index (χ1) is 30.2. The van der Waals surface area contributed by atoms with Crippen LogP contribution < -0.4 is 4.90 Å². The van der Waals surface area contributed by atoms with Gasteiger partial charge in [-0.15, -0.1) is 11.3 Å². The average Bonchev–Trinajstić information content (AvgIpc) is 3.90. The highest BCUT2D eigenvalue weighted by molar-refractivity contribution is 7.26. The SMILES string of the molecule is c1ccc(-c2ccc(-c3c4ccccc4cc4c3oc3cc(N(c5ccc(-c6ccccc6)cc5)c5ccc(-c6cccc7c6sc6ccccc67)cc5)ccc34)cc2)cc1. The van der Waals surface area contributed by atoms with E-state index in [1.165, 1.54) is 64.3 Å². The number of fused-ring (bicyclic) bond motifs is 7. The smallest absolute Gasteiger partial charge is 0.143 e.